The maximum atomic E-state index is 5.78. The van der Waals surface area contributed by atoms with Crippen molar-refractivity contribution in [3.8, 4) is 0 Å². The van der Waals surface area contributed by atoms with Crippen LogP contribution in [0.5, 0.6) is 0 Å². The number of halogens is 1. The lowest BCUT2D eigenvalue weighted by Gasteiger charge is -2.22. The highest BCUT2D eigenvalue weighted by atomic mass is 35.5. The van der Waals surface area contributed by atoms with Gasteiger partial charge in [-0.2, -0.15) is 0 Å². The third-order valence-electron chi connectivity index (χ3n) is 3.29. The van der Waals surface area contributed by atoms with Crippen LogP contribution in [0.4, 0.5) is 5.13 Å². The van der Waals surface area contributed by atoms with Crippen LogP contribution >= 0.6 is 22.9 Å². The lowest BCUT2D eigenvalue weighted by molar-refractivity contribution is 0.325. The summed E-state index contributed by atoms with van der Waals surface area (Å²) in [6.45, 7) is 6.99. The van der Waals surface area contributed by atoms with Gasteiger partial charge in [0, 0.05) is 18.5 Å². The van der Waals surface area contributed by atoms with E-state index in [4.69, 9.17) is 11.6 Å². The maximum Gasteiger partial charge on any atom is 0.185 e. The van der Waals surface area contributed by atoms with Crippen molar-refractivity contribution in [2.45, 2.75) is 39.0 Å². The van der Waals surface area contributed by atoms with Crippen LogP contribution in [0.2, 0.25) is 0 Å². The zero-order chi connectivity index (χ0) is 11.6. The van der Waals surface area contributed by atoms with Gasteiger partial charge in [-0.3, -0.25) is 0 Å². The second-order valence-electron chi connectivity index (χ2n) is 5.26. The van der Waals surface area contributed by atoms with E-state index < -0.39 is 0 Å². The molecule has 2 rings (SSSR count). The second kappa shape index (κ2) is 4.92. The average molecular weight is 259 g/mol. The Labute approximate surface area is 107 Å². The molecule has 1 fully saturated rings. The van der Waals surface area contributed by atoms with Gasteiger partial charge in [-0.05, 0) is 24.7 Å². The maximum absolute atomic E-state index is 5.78. The van der Waals surface area contributed by atoms with Crippen LogP contribution < -0.4 is 4.90 Å². The highest BCUT2D eigenvalue weighted by Gasteiger charge is 2.24. The summed E-state index contributed by atoms with van der Waals surface area (Å²) in [5.74, 6) is 0.524. The fraction of sp³-hybridized carbons (Fsp3) is 0.750. The van der Waals surface area contributed by atoms with E-state index in [0.29, 0.717) is 11.3 Å². The molecule has 2 heterocycles. The van der Waals surface area contributed by atoms with E-state index in [2.05, 4.69) is 29.1 Å². The summed E-state index contributed by atoms with van der Waals surface area (Å²) in [6, 6.07) is 0. The Hall–Kier alpha value is -0.280. The number of anilines is 1. The number of rotatable bonds is 2. The van der Waals surface area contributed by atoms with E-state index in [0.717, 1.165) is 23.9 Å². The van der Waals surface area contributed by atoms with E-state index in [-0.39, 0.29) is 0 Å². The molecular formula is C12H19ClN2S. The zero-order valence-corrected chi connectivity index (χ0v) is 11.6. The van der Waals surface area contributed by atoms with Gasteiger partial charge in [0.05, 0.1) is 11.6 Å². The Kier molecular flexibility index (Phi) is 3.75. The van der Waals surface area contributed by atoms with Crippen LogP contribution in [0.3, 0.4) is 0 Å². The summed E-state index contributed by atoms with van der Waals surface area (Å²) >= 11 is 7.50. The molecule has 0 amide bonds. The lowest BCUT2D eigenvalue weighted by atomic mass is 9.85. The van der Waals surface area contributed by atoms with Gasteiger partial charge in [-0.25, -0.2) is 4.98 Å². The van der Waals surface area contributed by atoms with E-state index in [9.17, 15) is 0 Å². The minimum atomic E-state index is 0.487. The van der Waals surface area contributed by atoms with Gasteiger partial charge in [0.15, 0.2) is 5.13 Å². The van der Waals surface area contributed by atoms with Gasteiger partial charge in [0.2, 0.25) is 0 Å². The Morgan fingerprint density at radius 2 is 2.25 bits per heavy atom. The standard InChI is InChI=1S/C12H19ClN2S/c1-12(2)4-3-6-15(7-5-12)11-14-10(8-13)9-16-11/h9H,3-8H2,1-2H3. The van der Waals surface area contributed by atoms with Crippen LogP contribution in [-0.4, -0.2) is 18.1 Å². The molecule has 1 aromatic heterocycles. The van der Waals surface area contributed by atoms with Crippen molar-refractivity contribution in [3.05, 3.63) is 11.1 Å². The van der Waals surface area contributed by atoms with Crippen molar-refractivity contribution < 1.29 is 0 Å². The van der Waals surface area contributed by atoms with Crippen LogP contribution in [0.1, 0.15) is 38.8 Å². The molecule has 0 unspecified atom stereocenters. The lowest BCUT2D eigenvalue weighted by Crippen LogP contribution is -2.24. The topological polar surface area (TPSA) is 16.1 Å². The molecule has 1 saturated heterocycles. The average Bonchev–Trinajstić information content (AvgIpc) is 2.64. The molecule has 1 aliphatic rings. The van der Waals surface area contributed by atoms with Crippen LogP contribution in [0, 0.1) is 5.41 Å². The second-order valence-corrected chi connectivity index (χ2v) is 6.36. The van der Waals surface area contributed by atoms with Gasteiger partial charge < -0.3 is 4.90 Å². The van der Waals surface area contributed by atoms with Crippen molar-refractivity contribution in [2.24, 2.45) is 5.41 Å². The molecule has 1 aromatic rings. The van der Waals surface area contributed by atoms with Gasteiger partial charge in [-0.1, -0.05) is 13.8 Å². The fourth-order valence-electron chi connectivity index (χ4n) is 2.12. The smallest absolute Gasteiger partial charge is 0.185 e. The quantitative estimate of drug-likeness (QED) is 0.748. The molecule has 1 aliphatic heterocycles. The van der Waals surface area contributed by atoms with E-state index in [1.165, 1.54) is 19.3 Å². The molecule has 4 heteroatoms. The summed E-state index contributed by atoms with van der Waals surface area (Å²) in [7, 11) is 0. The largest absolute Gasteiger partial charge is 0.348 e. The Morgan fingerprint density at radius 1 is 1.44 bits per heavy atom. The molecule has 0 spiro atoms. The predicted molar refractivity (Wildman–Crippen MR) is 71.5 cm³/mol. The fourth-order valence-corrected chi connectivity index (χ4v) is 3.22. The molecule has 16 heavy (non-hydrogen) atoms. The van der Waals surface area contributed by atoms with Gasteiger partial charge in [0.25, 0.3) is 0 Å². The van der Waals surface area contributed by atoms with Crippen molar-refractivity contribution in [1.82, 2.24) is 4.98 Å². The highest BCUT2D eigenvalue weighted by molar-refractivity contribution is 7.13. The molecule has 90 valence electrons. The van der Waals surface area contributed by atoms with Crippen LogP contribution in [0.15, 0.2) is 5.38 Å². The van der Waals surface area contributed by atoms with Crippen molar-refractivity contribution in [1.29, 1.82) is 0 Å². The van der Waals surface area contributed by atoms with Gasteiger partial charge in [0.1, 0.15) is 0 Å². The molecule has 2 nitrogen and oxygen atoms in total. The molecule has 0 saturated carbocycles. The Bertz CT molecular complexity index is 349. The van der Waals surface area contributed by atoms with Crippen molar-refractivity contribution >= 4 is 28.1 Å². The first kappa shape index (κ1) is 12.2. The normalized spacial score (nSPS) is 20.8. The summed E-state index contributed by atoms with van der Waals surface area (Å²) in [4.78, 5) is 6.97. The number of hydrogen-bond donors (Lipinski definition) is 0. The Morgan fingerprint density at radius 3 is 2.94 bits per heavy atom. The Balaban J connectivity index is 2.04. The molecular weight excluding hydrogens is 240 g/mol. The van der Waals surface area contributed by atoms with Crippen LogP contribution in [0.25, 0.3) is 0 Å². The molecule has 0 aromatic carbocycles. The first-order chi connectivity index (χ1) is 7.61. The zero-order valence-electron chi connectivity index (χ0n) is 10.0. The third kappa shape index (κ3) is 2.89. The number of thiazole rings is 1. The van der Waals surface area contributed by atoms with E-state index in [1.54, 1.807) is 11.3 Å². The van der Waals surface area contributed by atoms with Crippen molar-refractivity contribution in [3.63, 3.8) is 0 Å². The predicted octanol–water partition coefficient (Wildman–Crippen LogP) is 3.90. The molecule has 0 bridgehead atoms. The minimum Gasteiger partial charge on any atom is -0.348 e. The first-order valence-electron chi connectivity index (χ1n) is 5.86. The number of hydrogen-bond acceptors (Lipinski definition) is 3. The number of alkyl halides is 1. The van der Waals surface area contributed by atoms with E-state index >= 15 is 0 Å². The first-order valence-corrected chi connectivity index (χ1v) is 7.27. The molecule has 0 atom stereocenters. The highest BCUT2D eigenvalue weighted by Crippen LogP contribution is 2.32. The third-order valence-corrected chi connectivity index (χ3v) is 4.51. The minimum absolute atomic E-state index is 0.487. The monoisotopic (exact) mass is 258 g/mol. The molecule has 0 N–H and O–H groups in total. The molecule has 0 radical (unpaired) electrons. The summed E-state index contributed by atoms with van der Waals surface area (Å²) in [5.41, 5.74) is 1.49. The summed E-state index contributed by atoms with van der Waals surface area (Å²) < 4.78 is 0. The van der Waals surface area contributed by atoms with Gasteiger partial charge >= 0.3 is 0 Å². The summed E-state index contributed by atoms with van der Waals surface area (Å²) in [6.07, 6.45) is 3.84. The van der Waals surface area contributed by atoms with Gasteiger partial charge in [-0.15, -0.1) is 22.9 Å². The SMILES string of the molecule is CC1(C)CCCN(c2nc(CCl)cs2)CC1. The van der Waals surface area contributed by atoms with Crippen LogP contribution in [-0.2, 0) is 5.88 Å². The van der Waals surface area contributed by atoms with E-state index in [1.807, 2.05) is 0 Å². The van der Waals surface area contributed by atoms with Crippen molar-refractivity contribution in [2.75, 3.05) is 18.0 Å². The number of aromatic nitrogens is 1. The number of nitrogens with zero attached hydrogens (tertiary/aromatic N) is 2. The summed E-state index contributed by atoms with van der Waals surface area (Å²) in [5, 5.41) is 3.21. The molecule has 0 aliphatic carbocycles.